The molecular weight excluding hydrogens is 406 g/mol. The highest BCUT2D eigenvalue weighted by atomic mass is 32.2. The van der Waals surface area contributed by atoms with Crippen LogP contribution < -0.4 is 4.72 Å². The highest BCUT2D eigenvalue weighted by molar-refractivity contribution is 7.89. The van der Waals surface area contributed by atoms with Gasteiger partial charge in [-0.3, -0.25) is 4.79 Å². The summed E-state index contributed by atoms with van der Waals surface area (Å²) in [7, 11) is -2.12. The fraction of sp³-hybridized carbons (Fsp3) is 0.591. The molecule has 7 nitrogen and oxygen atoms in total. The maximum atomic E-state index is 12.4. The first-order chi connectivity index (χ1) is 14.3. The minimum Gasteiger partial charge on any atom is -0.469 e. The molecule has 0 heterocycles. The summed E-state index contributed by atoms with van der Waals surface area (Å²) in [6.45, 7) is 0.107. The number of esters is 1. The molecule has 1 fully saturated rings. The molecule has 0 radical (unpaired) electrons. The molecule has 168 valence electrons. The van der Waals surface area contributed by atoms with Crippen molar-refractivity contribution in [1.29, 1.82) is 0 Å². The number of hydrogen-bond donors (Lipinski definition) is 3. The third-order valence-corrected chi connectivity index (χ3v) is 6.96. The number of unbranched alkanes of at least 4 members (excludes halogenated alkanes) is 1. The highest BCUT2D eigenvalue weighted by Crippen LogP contribution is 2.35. The number of aliphatic hydroxyl groups is 2. The number of sulfonamides is 1. The minimum atomic E-state index is -3.48. The van der Waals surface area contributed by atoms with Crippen LogP contribution >= 0.6 is 0 Å². The zero-order chi connectivity index (χ0) is 22.0. The Kier molecular flexibility index (Phi) is 9.97. The average molecular weight is 440 g/mol. The van der Waals surface area contributed by atoms with Crippen molar-refractivity contribution in [2.45, 2.75) is 50.7 Å². The lowest BCUT2D eigenvalue weighted by atomic mass is 9.90. The van der Waals surface area contributed by atoms with Crippen molar-refractivity contribution in [2.24, 2.45) is 11.8 Å². The summed E-state index contributed by atoms with van der Waals surface area (Å²) in [5, 5.41) is 20.6. The number of aliphatic hydroxyl groups excluding tert-OH is 2. The van der Waals surface area contributed by atoms with Crippen LogP contribution in [-0.2, 0) is 26.0 Å². The molecule has 1 saturated carbocycles. The van der Waals surface area contributed by atoms with Gasteiger partial charge in [-0.1, -0.05) is 42.5 Å². The Hall–Kier alpha value is -1.74. The molecule has 8 heteroatoms. The van der Waals surface area contributed by atoms with E-state index < -0.39 is 22.2 Å². The smallest absolute Gasteiger partial charge is 0.305 e. The van der Waals surface area contributed by atoms with Gasteiger partial charge >= 0.3 is 5.97 Å². The van der Waals surface area contributed by atoms with Gasteiger partial charge in [0, 0.05) is 18.9 Å². The SMILES string of the molecule is COC(=O)CCC/C=C\CC1C(O)CC(O)C1CNS(=O)(=O)CCc1ccccc1. The van der Waals surface area contributed by atoms with Crippen LogP contribution in [0.1, 0.15) is 37.7 Å². The zero-order valence-corrected chi connectivity index (χ0v) is 18.3. The fourth-order valence-corrected chi connectivity index (χ4v) is 4.91. The van der Waals surface area contributed by atoms with Crippen molar-refractivity contribution in [3.63, 3.8) is 0 Å². The van der Waals surface area contributed by atoms with E-state index in [2.05, 4.69) is 9.46 Å². The molecule has 0 spiro atoms. The van der Waals surface area contributed by atoms with Gasteiger partial charge in [0.2, 0.25) is 10.0 Å². The van der Waals surface area contributed by atoms with Gasteiger partial charge in [-0.2, -0.15) is 0 Å². The van der Waals surface area contributed by atoms with E-state index in [0.29, 0.717) is 25.7 Å². The first-order valence-electron chi connectivity index (χ1n) is 10.4. The predicted molar refractivity (Wildman–Crippen MR) is 115 cm³/mol. The Bertz CT molecular complexity index is 780. The van der Waals surface area contributed by atoms with Crippen molar-refractivity contribution in [1.82, 2.24) is 4.72 Å². The molecule has 1 aromatic carbocycles. The maximum Gasteiger partial charge on any atom is 0.305 e. The summed E-state index contributed by atoms with van der Waals surface area (Å²) in [5.74, 6) is -0.815. The normalized spacial score (nSPS) is 24.4. The fourth-order valence-electron chi connectivity index (χ4n) is 3.82. The van der Waals surface area contributed by atoms with Crippen molar-refractivity contribution in [3.05, 3.63) is 48.0 Å². The molecule has 3 N–H and O–H groups in total. The number of carbonyl (C=O) groups is 1. The van der Waals surface area contributed by atoms with E-state index in [-0.39, 0.29) is 36.5 Å². The number of benzene rings is 1. The van der Waals surface area contributed by atoms with E-state index in [1.54, 1.807) is 0 Å². The van der Waals surface area contributed by atoms with Crippen molar-refractivity contribution < 1.29 is 28.2 Å². The lowest BCUT2D eigenvalue weighted by Gasteiger charge is -2.22. The highest BCUT2D eigenvalue weighted by Gasteiger charge is 2.41. The third kappa shape index (κ3) is 8.18. The Balaban J connectivity index is 1.81. The van der Waals surface area contributed by atoms with Crippen LogP contribution in [0.4, 0.5) is 0 Å². The van der Waals surface area contributed by atoms with E-state index in [9.17, 15) is 23.4 Å². The number of aryl methyl sites for hydroxylation is 1. The van der Waals surface area contributed by atoms with E-state index in [0.717, 1.165) is 12.0 Å². The number of carbonyl (C=O) groups excluding carboxylic acids is 1. The maximum absolute atomic E-state index is 12.4. The van der Waals surface area contributed by atoms with Crippen LogP contribution in [0, 0.1) is 11.8 Å². The Labute approximate surface area is 179 Å². The van der Waals surface area contributed by atoms with Crippen molar-refractivity contribution >= 4 is 16.0 Å². The molecule has 0 saturated heterocycles. The lowest BCUT2D eigenvalue weighted by Crippen LogP contribution is -2.37. The van der Waals surface area contributed by atoms with Gasteiger partial charge in [-0.15, -0.1) is 0 Å². The van der Waals surface area contributed by atoms with Crippen LogP contribution in [0.5, 0.6) is 0 Å². The quantitative estimate of drug-likeness (QED) is 0.260. The topological polar surface area (TPSA) is 113 Å². The van der Waals surface area contributed by atoms with Gasteiger partial charge in [0.05, 0.1) is 25.1 Å². The third-order valence-electron chi connectivity index (χ3n) is 5.62. The van der Waals surface area contributed by atoms with Crippen LogP contribution in [0.2, 0.25) is 0 Å². The largest absolute Gasteiger partial charge is 0.469 e. The molecule has 1 aliphatic carbocycles. The second kappa shape index (κ2) is 12.2. The molecule has 4 atom stereocenters. The molecule has 0 amide bonds. The summed E-state index contributed by atoms with van der Waals surface area (Å²) in [4.78, 5) is 11.1. The molecule has 4 unspecified atom stereocenters. The summed E-state index contributed by atoms with van der Waals surface area (Å²) >= 11 is 0. The number of rotatable bonds is 12. The first kappa shape index (κ1) is 24.5. The molecule has 30 heavy (non-hydrogen) atoms. The molecule has 2 rings (SSSR count). The number of hydrogen-bond acceptors (Lipinski definition) is 6. The minimum absolute atomic E-state index is 0.0207. The van der Waals surface area contributed by atoms with Gasteiger partial charge < -0.3 is 14.9 Å². The zero-order valence-electron chi connectivity index (χ0n) is 17.4. The van der Waals surface area contributed by atoms with E-state index >= 15 is 0 Å². The second-order valence-corrected chi connectivity index (χ2v) is 9.70. The van der Waals surface area contributed by atoms with Gasteiger partial charge in [-0.05, 0) is 43.6 Å². The Morgan fingerprint density at radius 2 is 1.87 bits per heavy atom. The van der Waals surface area contributed by atoms with E-state index in [4.69, 9.17) is 0 Å². The van der Waals surface area contributed by atoms with Gasteiger partial charge in [0.15, 0.2) is 0 Å². The lowest BCUT2D eigenvalue weighted by molar-refractivity contribution is -0.140. The van der Waals surface area contributed by atoms with E-state index in [1.165, 1.54) is 7.11 Å². The number of ether oxygens (including phenoxy) is 1. The van der Waals surface area contributed by atoms with Crippen molar-refractivity contribution in [2.75, 3.05) is 19.4 Å². The summed E-state index contributed by atoms with van der Waals surface area (Å²) in [6, 6.07) is 9.41. The number of allylic oxidation sites excluding steroid dienone is 2. The predicted octanol–water partition coefficient (Wildman–Crippen LogP) is 1.80. The van der Waals surface area contributed by atoms with Crippen LogP contribution in [-0.4, -0.2) is 56.2 Å². The molecule has 0 aliphatic heterocycles. The van der Waals surface area contributed by atoms with Gasteiger partial charge in [0.25, 0.3) is 0 Å². The Morgan fingerprint density at radius 1 is 1.17 bits per heavy atom. The monoisotopic (exact) mass is 439 g/mol. The van der Waals surface area contributed by atoms with Crippen LogP contribution in [0.15, 0.2) is 42.5 Å². The summed E-state index contributed by atoms with van der Waals surface area (Å²) < 4.78 is 31.9. The first-order valence-corrected chi connectivity index (χ1v) is 12.1. The molecule has 1 aromatic rings. The number of methoxy groups -OCH3 is 1. The van der Waals surface area contributed by atoms with E-state index in [1.807, 2.05) is 42.5 Å². The van der Waals surface area contributed by atoms with Gasteiger partial charge in [0.1, 0.15) is 0 Å². The molecular formula is C22H33NO6S. The van der Waals surface area contributed by atoms with Gasteiger partial charge in [-0.25, -0.2) is 13.1 Å². The van der Waals surface area contributed by atoms with Crippen LogP contribution in [0.25, 0.3) is 0 Å². The standard InChI is InChI=1S/C22H33NO6S/c1-29-22(26)12-8-3-2-7-11-18-19(21(25)15-20(18)24)16-23-30(27,28)14-13-17-9-5-4-6-10-17/h2,4-7,9-10,18-21,23-25H,3,8,11-16H2,1H3/b7-2-. The summed E-state index contributed by atoms with van der Waals surface area (Å²) in [5.41, 5.74) is 0.953. The van der Waals surface area contributed by atoms with Crippen molar-refractivity contribution in [3.8, 4) is 0 Å². The summed E-state index contributed by atoms with van der Waals surface area (Å²) in [6.07, 6.45) is 5.45. The average Bonchev–Trinajstić information content (AvgIpc) is 3.00. The second-order valence-electron chi connectivity index (χ2n) is 7.78. The Morgan fingerprint density at radius 3 is 2.57 bits per heavy atom. The molecule has 0 aromatic heterocycles. The molecule has 0 bridgehead atoms. The molecule has 1 aliphatic rings. The number of nitrogens with one attached hydrogen (secondary N) is 1. The van der Waals surface area contributed by atoms with Crippen LogP contribution in [0.3, 0.4) is 0 Å².